The summed E-state index contributed by atoms with van der Waals surface area (Å²) in [4.78, 5) is 4.56. The van der Waals surface area contributed by atoms with Crippen molar-refractivity contribution in [2.24, 2.45) is 0 Å². The second-order valence-corrected chi connectivity index (χ2v) is 8.32. The van der Waals surface area contributed by atoms with Crippen molar-refractivity contribution in [2.45, 2.75) is 0 Å². The third-order valence-electron chi connectivity index (χ3n) is 5.36. The lowest BCUT2D eigenvalue weighted by Crippen LogP contribution is -2.22. The summed E-state index contributed by atoms with van der Waals surface area (Å²) < 4.78 is 0. The first-order valence-electron chi connectivity index (χ1n) is 10.0. The Morgan fingerprint density at radius 3 is 2.42 bits per heavy atom. The maximum Gasteiger partial charge on any atom is 0.0974 e. The molecule has 0 amide bonds. The van der Waals surface area contributed by atoms with E-state index < -0.39 is 0 Å². The van der Waals surface area contributed by atoms with Crippen LogP contribution in [0.5, 0.6) is 0 Å². The molecule has 0 saturated carbocycles. The molecule has 0 fully saturated rings. The molecule has 0 atom stereocenters. The van der Waals surface area contributed by atoms with Crippen LogP contribution in [0.2, 0.25) is 0 Å². The van der Waals surface area contributed by atoms with Gasteiger partial charge in [-0.05, 0) is 54.7 Å². The summed E-state index contributed by atoms with van der Waals surface area (Å²) in [5.74, 6) is 0. The lowest BCUT2D eigenvalue weighted by atomic mass is 9.99. The summed E-state index contributed by atoms with van der Waals surface area (Å²) in [5, 5.41) is 0. The average molecular weight is 410 g/mol. The van der Waals surface area contributed by atoms with E-state index in [1.807, 2.05) is 48.6 Å². The van der Waals surface area contributed by atoms with Gasteiger partial charge in [0.25, 0.3) is 0 Å². The minimum absolute atomic E-state index is 0.911. The van der Waals surface area contributed by atoms with Crippen LogP contribution >= 0.6 is 11.3 Å². The van der Waals surface area contributed by atoms with Crippen molar-refractivity contribution < 1.29 is 0 Å². The fourth-order valence-electron chi connectivity index (χ4n) is 3.96. The zero-order valence-corrected chi connectivity index (χ0v) is 17.3. The minimum Gasteiger partial charge on any atom is -0.295 e. The van der Waals surface area contributed by atoms with Crippen LogP contribution < -0.4 is 0 Å². The number of thiophene rings is 1. The summed E-state index contributed by atoms with van der Waals surface area (Å²) in [6, 6.07) is 0. The van der Waals surface area contributed by atoms with Gasteiger partial charge in [-0.2, -0.15) is 0 Å². The Labute approximate surface area is 185 Å². The molecule has 0 aromatic carbocycles. The van der Waals surface area contributed by atoms with Gasteiger partial charge in [0.15, 0.2) is 0 Å². The molecule has 2 bridgehead atoms. The quantitative estimate of drug-likeness (QED) is 0.451. The number of hydrogen-bond acceptors (Lipinski definition) is 2. The van der Waals surface area contributed by atoms with Gasteiger partial charge in [-0.1, -0.05) is 41.8 Å². The highest BCUT2D eigenvalue weighted by atomic mass is 32.1. The van der Waals surface area contributed by atoms with Crippen molar-refractivity contribution in [2.75, 3.05) is 0 Å². The van der Waals surface area contributed by atoms with Gasteiger partial charge in [-0.3, -0.25) is 4.90 Å². The van der Waals surface area contributed by atoms with Gasteiger partial charge in [-0.15, -0.1) is 28.5 Å². The van der Waals surface area contributed by atoms with Crippen molar-refractivity contribution in [3.8, 4) is 0 Å². The van der Waals surface area contributed by atoms with Crippen LogP contribution in [0.15, 0.2) is 124 Å². The number of allylic oxidation sites excluding steroid dienone is 11. The standard InChI is InChI=1S/C29H15NS/c1-3-13-24-21-10-7-8-11-23(20-21)30(27(24)15-5-1)22-12-9-17-29-26(19-18-22)25-14-4-2-6-16-28(25)31-29/h1-2,4-5,7-8,10-17,19H. The zero-order chi connectivity index (χ0) is 20.6. The lowest BCUT2D eigenvalue weighted by molar-refractivity contribution is 0.572. The van der Waals surface area contributed by atoms with Crippen LogP contribution in [0, 0.1) is 0 Å². The van der Waals surface area contributed by atoms with E-state index in [0.717, 1.165) is 33.8 Å². The highest BCUT2D eigenvalue weighted by molar-refractivity contribution is 7.14. The highest BCUT2D eigenvalue weighted by Crippen LogP contribution is 2.37. The number of hydrogen-bond donors (Lipinski definition) is 0. The predicted molar refractivity (Wildman–Crippen MR) is 129 cm³/mol. The summed E-state index contributed by atoms with van der Waals surface area (Å²) in [6.45, 7) is 0. The maximum atomic E-state index is 3.55. The Bertz CT molecular complexity index is 1530. The molecule has 0 N–H and O–H groups in total. The second-order valence-electron chi connectivity index (χ2n) is 7.24. The smallest absolute Gasteiger partial charge is 0.0974 e. The fourth-order valence-corrected chi connectivity index (χ4v) is 5.02. The highest BCUT2D eigenvalue weighted by Gasteiger charge is 2.24. The summed E-state index contributed by atoms with van der Waals surface area (Å²) in [5.41, 5.74) is 24.4. The molecule has 4 aliphatic carbocycles. The number of rotatable bonds is 1. The largest absolute Gasteiger partial charge is 0.295 e. The molecule has 6 rings (SSSR count). The van der Waals surface area contributed by atoms with E-state index >= 15 is 0 Å². The van der Waals surface area contributed by atoms with Crippen molar-refractivity contribution in [1.82, 2.24) is 4.90 Å². The van der Waals surface area contributed by atoms with Gasteiger partial charge in [0, 0.05) is 38.1 Å². The Morgan fingerprint density at radius 1 is 0.645 bits per heavy atom. The molecule has 2 heteroatoms. The molecule has 142 valence electrons. The molecule has 1 aromatic rings. The molecule has 0 radical (unpaired) electrons. The molecule has 0 unspecified atom stereocenters. The Kier molecular flexibility index (Phi) is 4.12. The first kappa shape index (κ1) is 17.6. The molecule has 0 saturated heterocycles. The van der Waals surface area contributed by atoms with Gasteiger partial charge < -0.3 is 0 Å². The minimum atomic E-state index is 0.911. The van der Waals surface area contributed by atoms with Crippen LogP contribution in [-0.2, 0) is 0 Å². The molecular weight excluding hydrogens is 394 g/mol. The molecule has 2 heterocycles. The third kappa shape index (κ3) is 3.00. The molecule has 31 heavy (non-hydrogen) atoms. The SMILES string of the molecule is C1=CC=CC2=C(C=1)C1=C=C(C=CC=C1)N2C1=C=Cc2c(sc3c2C=CC=C=C3)C=C=C1. The van der Waals surface area contributed by atoms with Crippen molar-refractivity contribution >= 4 is 35.6 Å². The summed E-state index contributed by atoms with van der Waals surface area (Å²) in [6.07, 6.45) is 30.6. The van der Waals surface area contributed by atoms with Gasteiger partial charge in [0.05, 0.1) is 17.1 Å². The topological polar surface area (TPSA) is 3.24 Å². The zero-order valence-electron chi connectivity index (χ0n) is 16.5. The van der Waals surface area contributed by atoms with E-state index in [9.17, 15) is 0 Å². The van der Waals surface area contributed by atoms with Gasteiger partial charge in [0.1, 0.15) is 0 Å². The first-order valence-corrected chi connectivity index (χ1v) is 10.8. The molecule has 1 nitrogen and oxygen atoms in total. The Hall–Kier alpha value is -4.20. The van der Waals surface area contributed by atoms with Gasteiger partial charge >= 0.3 is 0 Å². The fraction of sp³-hybridized carbons (Fsp3) is 0. The first-order chi connectivity index (χ1) is 15.4. The van der Waals surface area contributed by atoms with E-state index in [1.165, 1.54) is 15.3 Å². The van der Waals surface area contributed by atoms with E-state index in [4.69, 9.17) is 0 Å². The number of fused-ring (bicyclic) bond motifs is 4. The van der Waals surface area contributed by atoms with Crippen molar-refractivity contribution in [3.63, 3.8) is 0 Å². The van der Waals surface area contributed by atoms with Crippen LogP contribution in [0.3, 0.4) is 0 Å². The molecule has 1 aliphatic heterocycles. The average Bonchev–Trinajstić information content (AvgIpc) is 3.07. The third-order valence-corrected chi connectivity index (χ3v) is 6.48. The summed E-state index contributed by atoms with van der Waals surface area (Å²) >= 11 is 1.75. The maximum absolute atomic E-state index is 3.55. The normalized spacial score (nSPS) is 18.6. The van der Waals surface area contributed by atoms with Gasteiger partial charge in [0.2, 0.25) is 0 Å². The lowest BCUT2D eigenvalue weighted by Gasteiger charge is -2.29. The van der Waals surface area contributed by atoms with E-state index in [2.05, 4.69) is 76.1 Å². The molecule has 1 aromatic heterocycles. The summed E-state index contributed by atoms with van der Waals surface area (Å²) in [7, 11) is 0. The van der Waals surface area contributed by atoms with Crippen LogP contribution in [0.1, 0.15) is 20.9 Å². The molecular formula is C29H15NS. The van der Waals surface area contributed by atoms with Crippen LogP contribution in [0.25, 0.3) is 24.3 Å². The van der Waals surface area contributed by atoms with E-state index in [-0.39, 0.29) is 0 Å². The molecule has 5 aliphatic rings. The predicted octanol–water partition coefficient (Wildman–Crippen LogP) is 7.01. The second kappa shape index (κ2) is 7.24. The Morgan fingerprint density at radius 2 is 1.45 bits per heavy atom. The van der Waals surface area contributed by atoms with E-state index in [1.54, 1.807) is 11.3 Å². The van der Waals surface area contributed by atoms with Crippen molar-refractivity contribution in [3.05, 3.63) is 145 Å². The van der Waals surface area contributed by atoms with Crippen LogP contribution in [-0.4, -0.2) is 4.90 Å². The Balaban J connectivity index is 1.57. The number of nitrogens with zero attached hydrogens (tertiary/aromatic N) is 1. The van der Waals surface area contributed by atoms with Crippen LogP contribution in [0.4, 0.5) is 0 Å². The van der Waals surface area contributed by atoms with Gasteiger partial charge in [-0.25, -0.2) is 0 Å². The van der Waals surface area contributed by atoms with Crippen molar-refractivity contribution in [1.29, 1.82) is 0 Å². The van der Waals surface area contributed by atoms with E-state index in [0.29, 0.717) is 0 Å². The molecule has 0 spiro atoms. The monoisotopic (exact) mass is 409 g/mol.